The molecular weight excluding hydrogens is 863 g/mol. The van der Waals surface area contributed by atoms with Crippen LogP contribution in [0.15, 0.2) is 24.3 Å². The van der Waals surface area contributed by atoms with Gasteiger partial charge in [0.25, 0.3) is 0 Å². The van der Waals surface area contributed by atoms with Crippen molar-refractivity contribution in [2.75, 3.05) is 13.2 Å². The first-order valence-electron chi connectivity index (χ1n) is 30.1. The molecule has 9 heteroatoms. The third-order valence-electron chi connectivity index (χ3n) is 14.5. The fraction of sp³-hybridized carbons (Fsp3) is 0.917. The summed E-state index contributed by atoms with van der Waals surface area (Å²) in [6.07, 6.45) is 56.9. The smallest absolute Gasteiger partial charge is 0.220 e. The standard InChI is InChI=1S/C60H115NO8/c1-3-5-7-9-11-13-15-17-19-21-22-23-24-25-26-27-28-29-30-31-32-33-34-35-37-39-41-43-45-47-49-54(63)53(52-68-60-59(67)58(66)57(65)55(51-62)69-60)61-56(64)50-48-46-44-42-40-38-36-20-18-16-14-12-10-8-6-4-2/h20,36,47,49,53-55,57-60,62-63,65-67H,3-19,21-35,37-46,48,50-52H2,1-2H3,(H,61,64)/b36-20-,49-47+. The Morgan fingerprint density at radius 1 is 0.478 bits per heavy atom. The van der Waals surface area contributed by atoms with Crippen molar-refractivity contribution < 1.29 is 39.8 Å². The fourth-order valence-electron chi connectivity index (χ4n) is 9.74. The summed E-state index contributed by atoms with van der Waals surface area (Å²) in [6, 6.07) is -0.808. The highest BCUT2D eigenvalue weighted by atomic mass is 16.7. The molecule has 69 heavy (non-hydrogen) atoms. The summed E-state index contributed by atoms with van der Waals surface area (Å²) in [5, 5.41) is 54.5. The first-order valence-corrected chi connectivity index (χ1v) is 30.1. The molecule has 1 amide bonds. The van der Waals surface area contributed by atoms with Crippen LogP contribution in [0.25, 0.3) is 0 Å². The molecule has 408 valence electrons. The summed E-state index contributed by atoms with van der Waals surface area (Å²) in [4.78, 5) is 13.0. The van der Waals surface area contributed by atoms with Gasteiger partial charge in [0.15, 0.2) is 6.29 Å². The van der Waals surface area contributed by atoms with Crippen molar-refractivity contribution in [3.05, 3.63) is 24.3 Å². The molecule has 1 fully saturated rings. The Labute approximate surface area is 426 Å². The van der Waals surface area contributed by atoms with Gasteiger partial charge in [-0.2, -0.15) is 0 Å². The lowest BCUT2D eigenvalue weighted by atomic mass is 9.99. The average Bonchev–Trinajstić information content (AvgIpc) is 3.35. The average molecular weight is 979 g/mol. The molecule has 1 aliphatic heterocycles. The van der Waals surface area contributed by atoms with Crippen LogP contribution in [0.4, 0.5) is 0 Å². The van der Waals surface area contributed by atoms with Gasteiger partial charge >= 0.3 is 0 Å². The van der Waals surface area contributed by atoms with Gasteiger partial charge in [0.05, 0.1) is 25.4 Å². The zero-order chi connectivity index (χ0) is 50.1. The summed E-state index contributed by atoms with van der Waals surface area (Å²) in [6.45, 7) is 3.80. The molecule has 6 N–H and O–H groups in total. The number of hydrogen-bond donors (Lipinski definition) is 6. The van der Waals surface area contributed by atoms with Gasteiger partial charge in [-0.05, 0) is 44.9 Å². The van der Waals surface area contributed by atoms with E-state index in [0.29, 0.717) is 6.42 Å². The van der Waals surface area contributed by atoms with E-state index in [0.717, 1.165) is 57.8 Å². The zero-order valence-electron chi connectivity index (χ0n) is 45.3. The van der Waals surface area contributed by atoms with Gasteiger partial charge in [-0.1, -0.05) is 269 Å². The van der Waals surface area contributed by atoms with Crippen LogP contribution in [0.3, 0.4) is 0 Å². The maximum atomic E-state index is 13.0. The lowest BCUT2D eigenvalue weighted by Gasteiger charge is -2.40. The van der Waals surface area contributed by atoms with Crippen LogP contribution in [0.5, 0.6) is 0 Å². The predicted molar refractivity (Wildman–Crippen MR) is 290 cm³/mol. The summed E-state index contributed by atoms with van der Waals surface area (Å²) < 4.78 is 11.3. The van der Waals surface area contributed by atoms with Gasteiger partial charge < -0.3 is 40.3 Å². The Morgan fingerprint density at radius 2 is 0.812 bits per heavy atom. The number of allylic oxidation sites excluding steroid dienone is 3. The van der Waals surface area contributed by atoms with E-state index in [1.807, 2.05) is 6.08 Å². The molecule has 0 aromatic rings. The minimum atomic E-state index is -1.57. The van der Waals surface area contributed by atoms with Crippen LogP contribution in [0, 0.1) is 0 Å². The van der Waals surface area contributed by atoms with Crippen LogP contribution in [-0.2, 0) is 14.3 Å². The Bertz CT molecular complexity index is 1130. The van der Waals surface area contributed by atoms with Crippen LogP contribution < -0.4 is 5.32 Å². The van der Waals surface area contributed by atoms with E-state index in [4.69, 9.17) is 9.47 Å². The van der Waals surface area contributed by atoms with E-state index in [1.165, 1.54) is 218 Å². The maximum absolute atomic E-state index is 13.0. The molecule has 9 nitrogen and oxygen atoms in total. The van der Waals surface area contributed by atoms with Gasteiger partial charge in [0.1, 0.15) is 24.4 Å². The Balaban J connectivity index is 2.17. The van der Waals surface area contributed by atoms with Gasteiger partial charge in [-0.25, -0.2) is 0 Å². The molecular formula is C60H115NO8. The van der Waals surface area contributed by atoms with Gasteiger partial charge in [0, 0.05) is 6.42 Å². The van der Waals surface area contributed by atoms with E-state index in [-0.39, 0.29) is 12.5 Å². The highest BCUT2D eigenvalue weighted by Crippen LogP contribution is 2.23. The number of nitrogens with one attached hydrogen (secondary N) is 1. The van der Waals surface area contributed by atoms with Crippen molar-refractivity contribution in [2.24, 2.45) is 0 Å². The minimum Gasteiger partial charge on any atom is -0.394 e. The number of carbonyl (C=O) groups excluding carboxylic acids is 1. The number of aliphatic hydroxyl groups is 5. The van der Waals surface area contributed by atoms with Gasteiger partial charge in [-0.15, -0.1) is 0 Å². The number of unbranched alkanes of at least 4 members (excludes halogenated alkanes) is 40. The van der Waals surface area contributed by atoms with Crippen LogP contribution in [-0.4, -0.2) is 87.5 Å². The topological polar surface area (TPSA) is 149 Å². The van der Waals surface area contributed by atoms with Crippen LogP contribution >= 0.6 is 0 Å². The van der Waals surface area contributed by atoms with Crippen molar-refractivity contribution in [3.63, 3.8) is 0 Å². The maximum Gasteiger partial charge on any atom is 0.220 e. The van der Waals surface area contributed by atoms with E-state index >= 15 is 0 Å². The molecule has 0 saturated carbocycles. The lowest BCUT2D eigenvalue weighted by molar-refractivity contribution is -0.302. The minimum absolute atomic E-state index is 0.182. The number of ether oxygens (including phenoxy) is 2. The summed E-state index contributed by atoms with van der Waals surface area (Å²) in [7, 11) is 0. The van der Waals surface area contributed by atoms with Crippen molar-refractivity contribution in [1.29, 1.82) is 0 Å². The Morgan fingerprint density at radius 3 is 1.17 bits per heavy atom. The van der Waals surface area contributed by atoms with Crippen LogP contribution in [0.2, 0.25) is 0 Å². The summed E-state index contributed by atoms with van der Waals surface area (Å²) in [5.74, 6) is -0.182. The quantitative estimate of drug-likeness (QED) is 0.0261. The SMILES string of the molecule is CCCCCCCCC/C=C\CCCCCCCC(=O)NC(COC1OC(CO)C(O)C(O)C1O)C(O)/C=C/CCCCCCCCCCCCCCCCCCCCCCCCCCCCCC. The van der Waals surface area contributed by atoms with Crippen molar-refractivity contribution in [2.45, 2.75) is 339 Å². The largest absolute Gasteiger partial charge is 0.394 e. The number of aliphatic hydroxyl groups excluding tert-OH is 5. The first-order chi connectivity index (χ1) is 33.8. The molecule has 0 aliphatic carbocycles. The number of hydrogen-bond acceptors (Lipinski definition) is 8. The fourth-order valence-corrected chi connectivity index (χ4v) is 9.74. The second kappa shape index (κ2) is 50.2. The molecule has 1 aliphatic rings. The monoisotopic (exact) mass is 978 g/mol. The van der Waals surface area contributed by atoms with Crippen molar-refractivity contribution >= 4 is 5.91 Å². The summed E-state index contributed by atoms with van der Waals surface area (Å²) in [5.41, 5.74) is 0. The van der Waals surface area contributed by atoms with Crippen molar-refractivity contribution in [1.82, 2.24) is 5.32 Å². The third kappa shape index (κ3) is 39.8. The molecule has 0 spiro atoms. The molecule has 1 saturated heterocycles. The van der Waals surface area contributed by atoms with E-state index in [9.17, 15) is 30.3 Å². The molecule has 7 unspecified atom stereocenters. The number of rotatable bonds is 52. The molecule has 7 atom stereocenters. The first kappa shape index (κ1) is 65.7. The van der Waals surface area contributed by atoms with E-state index in [2.05, 4.69) is 31.3 Å². The van der Waals surface area contributed by atoms with Crippen molar-refractivity contribution in [3.8, 4) is 0 Å². The van der Waals surface area contributed by atoms with Crippen LogP contribution in [0.1, 0.15) is 296 Å². The number of amides is 1. The predicted octanol–water partition coefficient (Wildman–Crippen LogP) is 15.0. The Hall–Kier alpha value is -1.33. The summed E-state index contributed by atoms with van der Waals surface area (Å²) >= 11 is 0. The normalized spacial score (nSPS) is 19.6. The van der Waals surface area contributed by atoms with E-state index in [1.54, 1.807) is 6.08 Å². The molecule has 1 rings (SSSR count). The lowest BCUT2D eigenvalue weighted by Crippen LogP contribution is -2.60. The second-order valence-electron chi connectivity index (χ2n) is 21.1. The number of carbonyl (C=O) groups is 1. The molecule has 0 aromatic heterocycles. The van der Waals surface area contributed by atoms with Gasteiger partial charge in [0.2, 0.25) is 5.91 Å². The highest BCUT2D eigenvalue weighted by molar-refractivity contribution is 5.76. The molecule has 0 aromatic carbocycles. The zero-order valence-corrected chi connectivity index (χ0v) is 45.3. The molecule has 1 heterocycles. The molecule has 0 radical (unpaired) electrons. The molecule has 0 bridgehead atoms. The Kier molecular flexibility index (Phi) is 47.8. The highest BCUT2D eigenvalue weighted by Gasteiger charge is 2.44. The second-order valence-corrected chi connectivity index (χ2v) is 21.1. The third-order valence-corrected chi connectivity index (χ3v) is 14.5. The van der Waals surface area contributed by atoms with E-state index < -0.39 is 49.5 Å². The van der Waals surface area contributed by atoms with Gasteiger partial charge in [-0.3, -0.25) is 4.79 Å².